The lowest BCUT2D eigenvalue weighted by atomic mass is 10.1. The van der Waals surface area contributed by atoms with Crippen LogP contribution >= 0.6 is 7.60 Å². The Kier molecular flexibility index (Phi) is 7.70. The van der Waals surface area contributed by atoms with Crippen LogP contribution in [-0.4, -0.2) is 26.3 Å². The molecule has 7 heteroatoms. The standard InChI is InChI=1S/C22H30FN2O3P/c1-3-27-29(26,28-4-2)22(24-20-10-8-9-19(23)17-20)18-11-13-21(14-12-18)25-15-6-5-7-16-25/h8-14,17,22,24H,3-7,15-16H2,1-2H3. The highest BCUT2D eigenvalue weighted by Gasteiger charge is 2.37. The maximum absolute atomic E-state index is 13.7. The molecule has 1 aliphatic rings. The highest BCUT2D eigenvalue weighted by Crippen LogP contribution is 2.60. The molecule has 2 aromatic rings. The highest BCUT2D eigenvalue weighted by molar-refractivity contribution is 7.54. The summed E-state index contributed by atoms with van der Waals surface area (Å²) in [5, 5.41) is 3.18. The Morgan fingerprint density at radius 2 is 1.69 bits per heavy atom. The van der Waals surface area contributed by atoms with Crippen LogP contribution in [0.25, 0.3) is 0 Å². The predicted molar refractivity (Wildman–Crippen MR) is 116 cm³/mol. The second-order valence-corrected chi connectivity index (χ2v) is 9.18. The Morgan fingerprint density at radius 1 is 1.03 bits per heavy atom. The minimum absolute atomic E-state index is 0.254. The van der Waals surface area contributed by atoms with Crippen molar-refractivity contribution >= 4 is 19.0 Å². The Bertz CT molecular complexity index is 815. The molecule has 1 heterocycles. The van der Waals surface area contributed by atoms with E-state index >= 15 is 0 Å². The third kappa shape index (κ3) is 5.59. The Labute approximate surface area is 172 Å². The zero-order chi connectivity index (χ0) is 20.7. The maximum Gasteiger partial charge on any atom is 0.357 e. The quantitative estimate of drug-likeness (QED) is 0.490. The van der Waals surface area contributed by atoms with E-state index in [1.165, 1.54) is 31.4 Å². The molecule has 29 heavy (non-hydrogen) atoms. The molecule has 1 unspecified atom stereocenters. The molecule has 3 rings (SSSR count). The summed E-state index contributed by atoms with van der Waals surface area (Å²) < 4.78 is 38.5. The highest BCUT2D eigenvalue weighted by atomic mass is 31.2. The number of piperidine rings is 1. The molecule has 0 aromatic heterocycles. The summed E-state index contributed by atoms with van der Waals surface area (Å²) >= 11 is 0. The first-order chi connectivity index (χ1) is 14.1. The van der Waals surface area contributed by atoms with Gasteiger partial charge in [0.2, 0.25) is 0 Å². The molecule has 0 radical (unpaired) electrons. The molecule has 1 fully saturated rings. The van der Waals surface area contributed by atoms with Gasteiger partial charge in [-0.25, -0.2) is 4.39 Å². The molecule has 5 nitrogen and oxygen atoms in total. The molecule has 1 atom stereocenters. The van der Waals surface area contributed by atoms with Crippen molar-refractivity contribution in [3.8, 4) is 0 Å². The smallest absolute Gasteiger partial charge is 0.357 e. The first-order valence-corrected chi connectivity index (χ1v) is 11.9. The van der Waals surface area contributed by atoms with Crippen molar-refractivity contribution in [1.82, 2.24) is 0 Å². The van der Waals surface area contributed by atoms with E-state index in [0.717, 1.165) is 24.3 Å². The van der Waals surface area contributed by atoms with Gasteiger partial charge in [-0.15, -0.1) is 0 Å². The first kappa shape index (κ1) is 21.8. The zero-order valence-electron chi connectivity index (χ0n) is 17.1. The van der Waals surface area contributed by atoms with Crippen LogP contribution in [0, 0.1) is 5.82 Å². The number of nitrogens with one attached hydrogen (secondary N) is 1. The van der Waals surface area contributed by atoms with E-state index < -0.39 is 13.4 Å². The van der Waals surface area contributed by atoms with Crippen LogP contribution in [0.2, 0.25) is 0 Å². The normalized spacial score (nSPS) is 15.9. The van der Waals surface area contributed by atoms with E-state index in [4.69, 9.17) is 9.05 Å². The number of hydrogen-bond acceptors (Lipinski definition) is 5. The maximum atomic E-state index is 13.7. The van der Waals surface area contributed by atoms with Crippen LogP contribution in [0.5, 0.6) is 0 Å². The average molecular weight is 420 g/mol. The minimum Gasteiger partial charge on any atom is -0.372 e. The van der Waals surface area contributed by atoms with E-state index in [1.54, 1.807) is 26.0 Å². The van der Waals surface area contributed by atoms with Crippen LogP contribution in [0.1, 0.15) is 44.5 Å². The summed E-state index contributed by atoms with van der Waals surface area (Å²) in [5.41, 5.74) is 2.45. The molecule has 0 amide bonds. The fraction of sp³-hybridized carbons (Fsp3) is 0.455. The van der Waals surface area contributed by atoms with Gasteiger partial charge in [0.1, 0.15) is 5.82 Å². The van der Waals surface area contributed by atoms with Gasteiger partial charge >= 0.3 is 7.60 Å². The van der Waals surface area contributed by atoms with Crippen molar-refractivity contribution in [1.29, 1.82) is 0 Å². The molecular weight excluding hydrogens is 390 g/mol. The monoisotopic (exact) mass is 420 g/mol. The van der Waals surface area contributed by atoms with Crippen molar-refractivity contribution in [2.75, 3.05) is 36.5 Å². The van der Waals surface area contributed by atoms with E-state index in [-0.39, 0.29) is 19.0 Å². The van der Waals surface area contributed by atoms with Crippen LogP contribution in [0.3, 0.4) is 0 Å². The number of anilines is 2. The van der Waals surface area contributed by atoms with Crippen LogP contribution < -0.4 is 10.2 Å². The number of rotatable bonds is 9. The summed E-state index contributed by atoms with van der Waals surface area (Å²) in [5.74, 6) is -1.10. The van der Waals surface area contributed by atoms with Gasteiger partial charge in [-0.05, 0) is 69.0 Å². The Balaban J connectivity index is 1.91. The second-order valence-electron chi connectivity index (χ2n) is 7.07. The van der Waals surface area contributed by atoms with E-state index in [1.807, 2.05) is 24.3 Å². The first-order valence-electron chi connectivity index (χ1n) is 10.3. The van der Waals surface area contributed by atoms with Gasteiger partial charge in [-0.2, -0.15) is 0 Å². The molecule has 1 N–H and O–H groups in total. The van der Waals surface area contributed by atoms with E-state index in [9.17, 15) is 8.96 Å². The number of nitrogens with zero attached hydrogens (tertiary/aromatic N) is 1. The average Bonchev–Trinajstić information content (AvgIpc) is 2.73. The summed E-state index contributed by atoms with van der Waals surface area (Å²) in [4.78, 5) is 2.37. The third-order valence-electron chi connectivity index (χ3n) is 4.99. The van der Waals surface area contributed by atoms with E-state index in [0.29, 0.717) is 5.69 Å². The van der Waals surface area contributed by atoms with Gasteiger partial charge in [0.25, 0.3) is 0 Å². The molecule has 0 spiro atoms. The lowest BCUT2D eigenvalue weighted by Crippen LogP contribution is -2.29. The largest absolute Gasteiger partial charge is 0.372 e. The van der Waals surface area contributed by atoms with Gasteiger partial charge in [0.15, 0.2) is 5.78 Å². The summed E-state index contributed by atoms with van der Waals surface area (Å²) in [6, 6.07) is 14.1. The van der Waals surface area contributed by atoms with Crippen molar-refractivity contribution in [3.63, 3.8) is 0 Å². The Hall–Kier alpha value is -1.88. The van der Waals surface area contributed by atoms with Crippen molar-refractivity contribution in [2.24, 2.45) is 0 Å². The number of hydrogen-bond donors (Lipinski definition) is 1. The number of benzene rings is 2. The van der Waals surface area contributed by atoms with Crippen molar-refractivity contribution in [2.45, 2.75) is 38.9 Å². The molecule has 1 saturated heterocycles. The number of halogens is 1. The van der Waals surface area contributed by atoms with Gasteiger partial charge in [-0.3, -0.25) is 4.57 Å². The van der Waals surface area contributed by atoms with Crippen LogP contribution in [0.4, 0.5) is 15.8 Å². The van der Waals surface area contributed by atoms with Crippen molar-refractivity contribution in [3.05, 3.63) is 59.9 Å². The lowest BCUT2D eigenvalue weighted by Gasteiger charge is -2.30. The van der Waals surface area contributed by atoms with E-state index in [2.05, 4.69) is 10.2 Å². The topological polar surface area (TPSA) is 50.8 Å². The van der Waals surface area contributed by atoms with Crippen LogP contribution in [0.15, 0.2) is 48.5 Å². The summed E-state index contributed by atoms with van der Waals surface area (Å²) in [6.45, 7) is 6.19. The molecule has 0 saturated carbocycles. The minimum atomic E-state index is -3.53. The second kappa shape index (κ2) is 10.2. The molecular formula is C22H30FN2O3P. The third-order valence-corrected chi connectivity index (χ3v) is 7.29. The van der Waals surface area contributed by atoms with Gasteiger partial charge < -0.3 is 19.3 Å². The van der Waals surface area contributed by atoms with Crippen LogP contribution in [-0.2, 0) is 13.6 Å². The lowest BCUT2D eigenvalue weighted by molar-refractivity contribution is 0.214. The zero-order valence-corrected chi connectivity index (χ0v) is 18.0. The predicted octanol–water partition coefficient (Wildman–Crippen LogP) is 6.19. The van der Waals surface area contributed by atoms with Gasteiger partial charge in [0, 0.05) is 24.5 Å². The Morgan fingerprint density at radius 3 is 2.28 bits per heavy atom. The molecule has 158 valence electrons. The van der Waals surface area contributed by atoms with Crippen molar-refractivity contribution < 1.29 is 18.0 Å². The molecule has 0 bridgehead atoms. The fourth-order valence-corrected chi connectivity index (χ4v) is 5.58. The summed E-state index contributed by atoms with van der Waals surface area (Å²) in [7, 11) is -3.53. The summed E-state index contributed by atoms with van der Waals surface area (Å²) in [6.07, 6.45) is 3.69. The molecule has 0 aliphatic carbocycles. The SMILES string of the molecule is CCOP(=O)(OCC)C(Nc1cccc(F)c1)c1ccc(N2CCCCC2)cc1. The fourth-order valence-electron chi connectivity index (χ4n) is 3.65. The van der Waals surface area contributed by atoms with Gasteiger partial charge in [-0.1, -0.05) is 18.2 Å². The van der Waals surface area contributed by atoms with Gasteiger partial charge in [0.05, 0.1) is 13.2 Å². The molecule has 1 aliphatic heterocycles. The molecule has 2 aromatic carbocycles.